The molecule has 1 nitrogen and oxygen atoms in total. The van der Waals surface area contributed by atoms with E-state index in [2.05, 4.69) is 33.0 Å². The molecule has 106 valence electrons. The molecular formula is C17H33N. The fourth-order valence-corrected chi connectivity index (χ4v) is 4.31. The molecule has 0 amide bonds. The Hall–Kier alpha value is -0.0400. The van der Waals surface area contributed by atoms with Crippen LogP contribution in [0.5, 0.6) is 0 Å². The zero-order chi connectivity index (χ0) is 13.2. The fourth-order valence-electron chi connectivity index (χ4n) is 4.31. The minimum absolute atomic E-state index is 0.500. The Morgan fingerprint density at radius 1 is 1.22 bits per heavy atom. The van der Waals surface area contributed by atoms with Crippen molar-refractivity contribution in [3.05, 3.63) is 0 Å². The second-order valence-electron chi connectivity index (χ2n) is 8.18. The van der Waals surface area contributed by atoms with E-state index in [0.29, 0.717) is 10.8 Å². The minimum Gasteiger partial charge on any atom is -0.316 e. The van der Waals surface area contributed by atoms with Crippen molar-refractivity contribution in [1.29, 1.82) is 0 Å². The molecule has 0 aromatic carbocycles. The predicted molar refractivity (Wildman–Crippen MR) is 79.7 cm³/mol. The van der Waals surface area contributed by atoms with Gasteiger partial charge in [-0.25, -0.2) is 0 Å². The first kappa shape index (κ1) is 14.4. The maximum absolute atomic E-state index is 3.74. The van der Waals surface area contributed by atoms with Gasteiger partial charge in [-0.1, -0.05) is 34.1 Å². The molecule has 18 heavy (non-hydrogen) atoms. The van der Waals surface area contributed by atoms with Gasteiger partial charge in [0.2, 0.25) is 0 Å². The summed E-state index contributed by atoms with van der Waals surface area (Å²) in [5.41, 5.74) is 1.16. The third-order valence-corrected chi connectivity index (χ3v) is 5.38. The van der Waals surface area contributed by atoms with Gasteiger partial charge >= 0.3 is 0 Å². The topological polar surface area (TPSA) is 12.0 Å². The molecule has 2 saturated carbocycles. The molecular weight excluding hydrogens is 218 g/mol. The molecule has 3 atom stereocenters. The van der Waals surface area contributed by atoms with E-state index in [4.69, 9.17) is 0 Å². The van der Waals surface area contributed by atoms with Crippen LogP contribution in [0, 0.1) is 22.7 Å². The number of rotatable bonds is 6. The van der Waals surface area contributed by atoms with E-state index < -0.39 is 0 Å². The summed E-state index contributed by atoms with van der Waals surface area (Å²) in [7, 11) is 0. The quantitative estimate of drug-likeness (QED) is 0.679. The molecule has 1 N–H and O–H groups in total. The predicted octanol–water partition coefficient (Wildman–Crippen LogP) is 4.62. The first-order valence-electron chi connectivity index (χ1n) is 8.16. The van der Waals surface area contributed by atoms with Crippen molar-refractivity contribution < 1.29 is 0 Å². The highest BCUT2D eigenvalue weighted by Gasteiger charge is 2.50. The SMILES string of the molecule is CCCNCC1(CCC(C)(C)C)CC2CCC1C2. The van der Waals surface area contributed by atoms with Crippen LogP contribution < -0.4 is 5.32 Å². The van der Waals surface area contributed by atoms with Gasteiger partial charge in [0, 0.05) is 6.54 Å². The third kappa shape index (κ3) is 3.29. The third-order valence-electron chi connectivity index (χ3n) is 5.38. The van der Waals surface area contributed by atoms with E-state index >= 15 is 0 Å². The van der Waals surface area contributed by atoms with Crippen molar-refractivity contribution in [2.45, 2.75) is 72.6 Å². The lowest BCUT2D eigenvalue weighted by Gasteiger charge is -2.40. The molecule has 2 rings (SSSR count). The summed E-state index contributed by atoms with van der Waals surface area (Å²) < 4.78 is 0. The van der Waals surface area contributed by atoms with Crippen LogP contribution in [0.15, 0.2) is 0 Å². The zero-order valence-electron chi connectivity index (χ0n) is 13.0. The van der Waals surface area contributed by atoms with E-state index in [1.165, 1.54) is 58.0 Å². The van der Waals surface area contributed by atoms with Crippen molar-refractivity contribution >= 4 is 0 Å². The highest BCUT2D eigenvalue weighted by atomic mass is 14.9. The average molecular weight is 251 g/mol. The average Bonchev–Trinajstić information content (AvgIpc) is 2.86. The summed E-state index contributed by atoms with van der Waals surface area (Å²) in [6.07, 6.45) is 10.2. The molecule has 0 aromatic heterocycles. The summed E-state index contributed by atoms with van der Waals surface area (Å²) in [6.45, 7) is 12.0. The van der Waals surface area contributed by atoms with Crippen molar-refractivity contribution in [3.63, 3.8) is 0 Å². The summed E-state index contributed by atoms with van der Waals surface area (Å²) in [5, 5.41) is 3.74. The van der Waals surface area contributed by atoms with E-state index in [-0.39, 0.29) is 0 Å². The number of nitrogens with one attached hydrogen (secondary N) is 1. The van der Waals surface area contributed by atoms with Crippen LogP contribution in [0.25, 0.3) is 0 Å². The molecule has 0 spiro atoms. The van der Waals surface area contributed by atoms with Crippen LogP contribution in [0.4, 0.5) is 0 Å². The van der Waals surface area contributed by atoms with Gasteiger partial charge in [0.25, 0.3) is 0 Å². The molecule has 2 aliphatic carbocycles. The zero-order valence-corrected chi connectivity index (χ0v) is 13.0. The van der Waals surface area contributed by atoms with Crippen LogP contribution in [-0.4, -0.2) is 13.1 Å². The summed E-state index contributed by atoms with van der Waals surface area (Å²) in [6, 6.07) is 0. The van der Waals surface area contributed by atoms with Gasteiger partial charge in [-0.3, -0.25) is 0 Å². The number of fused-ring (bicyclic) bond motifs is 2. The Balaban J connectivity index is 1.95. The maximum Gasteiger partial charge on any atom is 0.00106 e. The Kier molecular flexibility index (Phi) is 4.41. The molecule has 3 unspecified atom stereocenters. The molecule has 0 radical (unpaired) electrons. The van der Waals surface area contributed by atoms with Gasteiger partial charge in [0.1, 0.15) is 0 Å². The van der Waals surface area contributed by atoms with Gasteiger partial charge in [-0.15, -0.1) is 0 Å². The molecule has 2 aliphatic rings. The van der Waals surface area contributed by atoms with Crippen LogP contribution in [0.3, 0.4) is 0 Å². The van der Waals surface area contributed by atoms with Gasteiger partial charge in [-0.05, 0) is 67.7 Å². The van der Waals surface area contributed by atoms with Gasteiger partial charge in [0.15, 0.2) is 0 Å². The van der Waals surface area contributed by atoms with E-state index in [1.54, 1.807) is 0 Å². The molecule has 1 heteroatoms. The number of hydrogen-bond acceptors (Lipinski definition) is 1. The summed E-state index contributed by atoms with van der Waals surface area (Å²) in [5.74, 6) is 2.10. The van der Waals surface area contributed by atoms with Crippen LogP contribution in [0.1, 0.15) is 72.6 Å². The van der Waals surface area contributed by atoms with Crippen LogP contribution in [-0.2, 0) is 0 Å². The highest BCUT2D eigenvalue weighted by molar-refractivity contribution is 5.01. The first-order valence-corrected chi connectivity index (χ1v) is 8.16. The Bertz CT molecular complexity index is 265. The Labute approximate surface area is 114 Å². The molecule has 0 saturated heterocycles. The molecule has 0 aromatic rings. The van der Waals surface area contributed by atoms with Crippen molar-refractivity contribution in [2.75, 3.05) is 13.1 Å². The fraction of sp³-hybridized carbons (Fsp3) is 1.00. The summed E-state index contributed by atoms with van der Waals surface area (Å²) >= 11 is 0. The maximum atomic E-state index is 3.74. The molecule has 2 bridgehead atoms. The van der Waals surface area contributed by atoms with Gasteiger partial charge in [-0.2, -0.15) is 0 Å². The van der Waals surface area contributed by atoms with Crippen LogP contribution >= 0.6 is 0 Å². The lowest BCUT2D eigenvalue weighted by Crippen LogP contribution is -2.39. The minimum atomic E-state index is 0.500. The highest BCUT2D eigenvalue weighted by Crippen LogP contribution is 2.58. The molecule has 2 fully saturated rings. The van der Waals surface area contributed by atoms with Crippen molar-refractivity contribution in [3.8, 4) is 0 Å². The Morgan fingerprint density at radius 3 is 2.50 bits per heavy atom. The first-order chi connectivity index (χ1) is 8.45. The monoisotopic (exact) mass is 251 g/mol. The van der Waals surface area contributed by atoms with Gasteiger partial charge in [0.05, 0.1) is 0 Å². The smallest absolute Gasteiger partial charge is 0.00106 e. The van der Waals surface area contributed by atoms with Crippen molar-refractivity contribution in [1.82, 2.24) is 5.32 Å². The lowest BCUT2D eigenvalue weighted by molar-refractivity contribution is 0.121. The largest absolute Gasteiger partial charge is 0.316 e. The second kappa shape index (κ2) is 5.53. The summed E-state index contributed by atoms with van der Waals surface area (Å²) in [4.78, 5) is 0. The molecule has 0 heterocycles. The van der Waals surface area contributed by atoms with Crippen LogP contribution in [0.2, 0.25) is 0 Å². The van der Waals surface area contributed by atoms with Crippen molar-refractivity contribution in [2.24, 2.45) is 22.7 Å². The second-order valence-corrected chi connectivity index (χ2v) is 8.18. The van der Waals surface area contributed by atoms with Gasteiger partial charge < -0.3 is 5.32 Å². The Morgan fingerprint density at radius 2 is 2.00 bits per heavy atom. The standard InChI is InChI=1S/C17H33N/c1-5-10-18-13-17(9-8-16(2,3)4)12-14-6-7-15(17)11-14/h14-15,18H,5-13H2,1-4H3. The number of hydrogen-bond donors (Lipinski definition) is 1. The molecule has 0 aliphatic heterocycles. The van der Waals surface area contributed by atoms with E-state index in [9.17, 15) is 0 Å². The normalized spacial score (nSPS) is 35.3. The van der Waals surface area contributed by atoms with E-state index in [1.807, 2.05) is 0 Å². The lowest BCUT2D eigenvalue weighted by atomic mass is 9.68. The van der Waals surface area contributed by atoms with E-state index in [0.717, 1.165) is 11.8 Å².